The third-order valence-corrected chi connectivity index (χ3v) is 3.23. The number of hydrogen-bond acceptors (Lipinski definition) is 4. The van der Waals surface area contributed by atoms with Crippen LogP contribution in [0.5, 0.6) is 5.75 Å². The van der Waals surface area contributed by atoms with E-state index < -0.39 is 6.03 Å². The number of para-hydroxylation sites is 2. The number of ether oxygens (including phenoxy) is 1. The number of nitrogens with one attached hydrogen (secondary N) is 3. The molecule has 0 fully saturated rings. The highest BCUT2D eigenvalue weighted by molar-refractivity contribution is 6.04. The summed E-state index contributed by atoms with van der Waals surface area (Å²) in [6, 6.07) is 10.6. The first kappa shape index (κ1) is 14.8. The average molecular weight is 311 g/mol. The van der Waals surface area contributed by atoms with Crippen molar-refractivity contribution in [3.63, 3.8) is 0 Å². The van der Waals surface area contributed by atoms with Gasteiger partial charge in [-0.05, 0) is 38.1 Å². The molecule has 2 amide bonds. The van der Waals surface area contributed by atoms with Crippen LogP contribution in [0.1, 0.15) is 12.6 Å². The molecule has 1 aromatic carbocycles. The first-order valence-electron chi connectivity index (χ1n) is 7.29. The van der Waals surface area contributed by atoms with E-state index in [1.165, 1.54) is 0 Å². The first-order valence-corrected chi connectivity index (χ1v) is 7.29. The number of anilines is 2. The van der Waals surface area contributed by atoms with Gasteiger partial charge in [-0.1, -0.05) is 12.1 Å². The van der Waals surface area contributed by atoms with Crippen molar-refractivity contribution in [3.8, 4) is 5.75 Å². The van der Waals surface area contributed by atoms with Crippen molar-refractivity contribution in [2.45, 2.75) is 13.8 Å². The van der Waals surface area contributed by atoms with Crippen molar-refractivity contribution in [3.05, 3.63) is 42.1 Å². The Morgan fingerprint density at radius 3 is 2.87 bits per heavy atom. The maximum absolute atomic E-state index is 12.2. The molecule has 3 rings (SSSR count). The number of pyridine rings is 1. The van der Waals surface area contributed by atoms with Crippen molar-refractivity contribution in [1.29, 1.82) is 0 Å². The molecule has 2 aromatic heterocycles. The zero-order valence-electron chi connectivity index (χ0n) is 12.9. The van der Waals surface area contributed by atoms with Gasteiger partial charge in [-0.15, -0.1) is 0 Å². The number of fused-ring (bicyclic) bond motifs is 1. The van der Waals surface area contributed by atoms with Crippen LogP contribution in [0.3, 0.4) is 0 Å². The first-order chi connectivity index (χ1) is 11.2. The highest BCUT2D eigenvalue weighted by Crippen LogP contribution is 2.24. The van der Waals surface area contributed by atoms with Gasteiger partial charge < -0.3 is 10.1 Å². The summed E-state index contributed by atoms with van der Waals surface area (Å²) in [5.41, 5.74) is 2.11. The van der Waals surface area contributed by atoms with Gasteiger partial charge in [-0.2, -0.15) is 5.10 Å². The van der Waals surface area contributed by atoms with Crippen LogP contribution >= 0.6 is 0 Å². The Kier molecular flexibility index (Phi) is 4.09. The third-order valence-electron chi connectivity index (χ3n) is 3.23. The quantitative estimate of drug-likeness (QED) is 0.689. The van der Waals surface area contributed by atoms with Crippen LogP contribution in [0, 0.1) is 6.92 Å². The Morgan fingerprint density at radius 2 is 2.04 bits per heavy atom. The number of hydrogen-bond donors (Lipinski definition) is 3. The van der Waals surface area contributed by atoms with Crippen LogP contribution in [0.25, 0.3) is 11.0 Å². The third kappa shape index (κ3) is 3.23. The summed E-state index contributed by atoms with van der Waals surface area (Å²) in [7, 11) is 0. The minimum Gasteiger partial charge on any atom is -0.492 e. The van der Waals surface area contributed by atoms with Crippen molar-refractivity contribution in [1.82, 2.24) is 15.2 Å². The number of amides is 2. The molecule has 0 atom stereocenters. The molecule has 0 saturated heterocycles. The summed E-state index contributed by atoms with van der Waals surface area (Å²) in [6.07, 6.45) is 0. The van der Waals surface area contributed by atoms with Crippen molar-refractivity contribution < 1.29 is 9.53 Å². The lowest BCUT2D eigenvalue weighted by molar-refractivity contribution is 0.262. The summed E-state index contributed by atoms with van der Waals surface area (Å²) in [4.78, 5) is 16.5. The van der Waals surface area contributed by atoms with E-state index in [1.807, 2.05) is 38.1 Å². The molecule has 2 heterocycles. The van der Waals surface area contributed by atoms with Gasteiger partial charge in [0, 0.05) is 5.69 Å². The van der Waals surface area contributed by atoms with E-state index in [9.17, 15) is 4.79 Å². The number of urea groups is 1. The second kappa shape index (κ2) is 6.35. The van der Waals surface area contributed by atoms with E-state index in [-0.39, 0.29) is 0 Å². The fourth-order valence-electron chi connectivity index (χ4n) is 2.21. The van der Waals surface area contributed by atoms with Gasteiger partial charge in [-0.3, -0.25) is 10.4 Å². The molecule has 7 nitrogen and oxygen atoms in total. The number of H-pyrrole nitrogens is 1. The summed E-state index contributed by atoms with van der Waals surface area (Å²) >= 11 is 0. The van der Waals surface area contributed by atoms with Gasteiger partial charge in [0.05, 0.1) is 17.7 Å². The number of nitrogens with zero attached hydrogens (tertiary/aromatic N) is 2. The summed E-state index contributed by atoms with van der Waals surface area (Å²) in [5.74, 6) is 1.05. The predicted molar refractivity (Wildman–Crippen MR) is 88.9 cm³/mol. The van der Waals surface area contributed by atoms with Crippen LogP contribution in [0.2, 0.25) is 0 Å². The molecular weight excluding hydrogens is 294 g/mol. The van der Waals surface area contributed by atoms with Crippen LogP contribution in [-0.2, 0) is 0 Å². The fourth-order valence-corrected chi connectivity index (χ4v) is 2.21. The van der Waals surface area contributed by atoms with Crippen LogP contribution < -0.4 is 15.4 Å². The van der Waals surface area contributed by atoms with Crippen LogP contribution in [0.15, 0.2) is 36.4 Å². The van der Waals surface area contributed by atoms with E-state index in [1.54, 1.807) is 12.1 Å². The zero-order chi connectivity index (χ0) is 16.2. The molecule has 0 aliphatic carbocycles. The van der Waals surface area contributed by atoms with Crippen molar-refractivity contribution >= 4 is 28.6 Å². The van der Waals surface area contributed by atoms with Gasteiger partial charge >= 0.3 is 6.03 Å². The van der Waals surface area contributed by atoms with Crippen LogP contribution in [0.4, 0.5) is 16.3 Å². The normalized spacial score (nSPS) is 10.5. The SMILES string of the molecule is CCOc1ccccc1NC(=O)Nc1n[nH]c2nc(C)ccc12. The lowest BCUT2D eigenvalue weighted by Gasteiger charge is -2.11. The highest BCUT2D eigenvalue weighted by Gasteiger charge is 2.12. The standard InChI is InChI=1S/C16H17N5O2/c1-3-23-13-7-5-4-6-12(13)18-16(22)19-15-11-9-8-10(2)17-14(11)20-21-15/h4-9H,3H2,1-2H3,(H3,17,18,19,20,21,22). The zero-order valence-corrected chi connectivity index (χ0v) is 12.9. The Hall–Kier alpha value is -3.09. The molecule has 0 radical (unpaired) electrons. The summed E-state index contributed by atoms with van der Waals surface area (Å²) in [6.45, 7) is 4.31. The second-order valence-electron chi connectivity index (χ2n) is 4.93. The maximum atomic E-state index is 12.2. The Bertz CT molecular complexity index is 843. The molecule has 0 saturated carbocycles. The molecule has 0 bridgehead atoms. The Balaban J connectivity index is 1.76. The number of aryl methyl sites for hydroxylation is 1. The molecule has 0 aliphatic heterocycles. The predicted octanol–water partition coefficient (Wildman–Crippen LogP) is 3.31. The van der Waals surface area contributed by atoms with Gasteiger partial charge in [-0.25, -0.2) is 9.78 Å². The number of aromatic nitrogens is 3. The summed E-state index contributed by atoms with van der Waals surface area (Å²) in [5, 5.41) is 13.1. The molecular formula is C16H17N5O2. The van der Waals surface area contributed by atoms with Gasteiger partial charge in [0.2, 0.25) is 0 Å². The smallest absolute Gasteiger partial charge is 0.325 e. The molecule has 3 N–H and O–H groups in total. The molecule has 7 heteroatoms. The number of carbonyl (C=O) groups excluding carboxylic acids is 1. The lowest BCUT2D eigenvalue weighted by Crippen LogP contribution is -2.20. The molecule has 0 unspecified atom stereocenters. The summed E-state index contributed by atoms with van der Waals surface area (Å²) < 4.78 is 5.48. The van der Waals surface area contributed by atoms with Gasteiger partial charge in [0.1, 0.15) is 5.75 Å². The van der Waals surface area contributed by atoms with E-state index >= 15 is 0 Å². The molecule has 0 spiro atoms. The largest absolute Gasteiger partial charge is 0.492 e. The van der Waals surface area contributed by atoms with Crippen molar-refractivity contribution in [2.24, 2.45) is 0 Å². The minimum absolute atomic E-state index is 0.397. The van der Waals surface area contributed by atoms with Crippen LogP contribution in [-0.4, -0.2) is 27.8 Å². The van der Waals surface area contributed by atoms with E-state index in [0.29, 0.717) is 29.5 Å². The second-order valence-corrected chi connectivity index (χ2v) is 4.93. The monoisotopic (exact) mass is 311 g/mol. The average Bonchev–Trinajstić information content (AvgIpc) is 2.91. The van der Waals surface area contributed by atoms with Gasteiger partial charge in [0.25, 0.3) is 0 Å². The van der Waals surface area contributed by atoms with Gasteiger partial charge in [0.15, 0.2) is 11.5 Å². The number of aromatic amines is 1. The lowest BCUT2D eigenvalue weighted by atomic mass is 10.3. The fraction of sp³-hybridized carbons (Fsp3) is 0.188. The molecule has 3 aromatic rings. The molecule has 23 heavy (non-hydrogen) atoms. The molecule has 118 valence electrons. The number of rotatable bonds is 4. The maximum Gasteiger partial charge on any atom is 0.325 e. The molecule has 0 aliphatic rings. The minimum atomic E-state index is -0.397. The topological polar surface area (TPSA) is 91.9 Å². The Labute approximate surface area is 133 Å². The number of benzene rings is 1. The van der Waals surface area contributed by atoms with E-state index in [2.05, 4.69) is 25.8 Å². The van der Waals surface area contributed by atoms with Crippen molar-refractivity contribution in [2.75, 3.05) is 17.2 Å². The van der Waals surface area contributed by atoms with E-state index in [0.717, 1.165) is 11.1 Å². The van der Waals surface area contributed by atoms with E-state index in [4.69, 9.17) is 4.74 Å². The highest BCUT2D eigenvalue weighted by atomic mass is 16.5. The number of carbonyl (C=O) groups is 1. The Morgan fingerprint density at radius 1 is 1.22 bits per heavy atom.